The number of carboxylic acid groups (broad SMARTS) is 1. The van der Waals surface area contributed by atoms with Crippen LogP contribution in [-0.2, 0) is 10.0 Å². The van der Waals surface area contributed by atoms with E-state index in [1.165, 1.54) is 19.2 Å². The first-order valence-corrected chi connectivity index (χ1v) is 7.53. The summed E-state index contributed by atoms with van der Waals surface area (Å²) in [5.41, 5.74) is 0.603. The van der Waals surface area contributed by atoms with Crippen molar-refractivity contribution in [2.45, 2.75) is 11.8 Å². The molecule has 0 atom stereocenters. The lowest BCUT2D eigenvalue weighted by molar-refractivity contribution is 0.0695. The minimum absolute atomic E-state index is 0.0585. The quantitative estimate of drug-likeness (QED) is 0.829. The van der Waals surface area contributed by atoms with Gasteiger partial charge in [0.25, 0.3) is 0 Å². The van der Waals surface area contributed by atoms with E-state index in [1.807, 2.05) is 0 Å². The number of carboxylic acids is 1. The fourth-order valence-corrected chi connectivity index (χ4v) is 3.15. The first-order chi connectivity index (χ1) is 8.66. The van der Waals surface area contributed by atoms with Gasteiger partial charge in [-0.3, -0.25) is 0 Å². The fraction of sp³-hybridized carbons (Fsp3) is 0.250. The van der Waals surface area contributed by atoms with E-state index in [0.717, 1.165) is 10.4 Å². The van der Waals surface area contributed by atoms with Gasteiger partial charge in [0.15, 0.2) is 0 Å². The summed E-state index contributed by atoms with van der Waals surface area (Å²) < 4.78 is 25.9. The number of rotatable bonds is 5. The van der Waals surface area contributed by atoms with Crippen molar-refractivity contribution in [1.29, 1.82) is 0 Å². The van der Waals surface area contributed by atoms with Crippen LogP contribution < -0.4 is 0 Å². The molecule has 5 nitrogen and oxygen atoms in total. The van der Waals surface area contributed by atoms with Gasteiger partial charge in [-0.25, -0.2) is 13.2 Å². The summed E-state index contributed by atoms with van der Waals surface area (Å²) in [6.07, 6.45) is 0. The Morgan fingerprint density at radius 3 is 2.53 bits per heavy atom. The molecule has 1 rings (SSSR count). The molecule has 0 aromatic heterocycles. The number of hydrogen-bond donors (Lipinski definition) is 1. The minimum atomic E-state index is -3.72. The van der Waals surface area contributed by atoms with Crippen molar-refractivity contribution >= 4 is 31.9 Å². The Bertz CT molecular complexity index is 625. The van der Waals surface area contributed by atoms with E-state index in [1.54, 1.807) is 6.92 Å². The highest BCUT2D eigenvalue weighted by molar-refractivity contribution is 9.10. The lowest BCUT2D eigenvalue weighted by Gasteiger charge is -2.17. The summed E-state index contributed by atoms with van der Waals surface area (Å²) >= 11 is 3.07. The van der Waals surface area contributed by atoms with Crippen LogP contribution in [0.1, 0.15) is 17.3 Å². The van der Waals surface area contributed by atoms with Crippen LogP contribution in [0, 0.1) is 0 Å². The number of sulfonamides is 1. The molecule has 0 spiro atoms. The van der Waals surface area contributed by atoms with Crippen LogP contribution in [0.25, 0.3) is 0 Å². The topological polar surface area (TPSA) is 74.7 Å². The van der Waals surface area contributed by atoms with E-state index >= 15 is 0 Å². The SMILES string of the molecule is C=C(C)CN(C)S(=O)(=O)c1ccc(Br)c(C(=O)O)c1. The third-order valence-corrected chi connectivity index (χ3v) is 4.86. The molecule has 19 heavy (non-hydrogen) atoms. The van der Waals surface area contributed by atoms with Gasteiger partial charge in [0.2, 0.25) is 10.0 Å². The Hall–Kier alpha value is -1.18. The number of likely N-dealkylation sites (N-methyl/N-ethyl adjacent to an activating group) is 1. The second-order valence-electron chi connectivity index (χ2n) is 4.16. The molecule has 0 aliphatic rings. The number of halogens is 1. The molecular weight excluding hydrogens is 334 g/mol. The van der Waals surface area contributed by atoms with Crippen molar-refractivity contribution in [2.24, 2.45) is 0 Å². The van der Waals surface area contributed by atoms with E-state index < -0.39 is 16.0 Å². The standard InChI is InChI=1S/C12H14BrNO4S/c1-8(2)7-14(3)19(17,18)9-4-5-11(13)10(6-9)12(15)16/h4-6H,1,7H2,2-3H3,(H,15,16). The zero-order chi connectivity index (χ0) is 14.8. The van der Waals surface area contributed by atoms with Crippen LogP contribution in [-0.4, -0.2) is 37.4 Å². The van der Waals surface area contributed by atoms with Crippen molar-refractivity contribution in [3.8, 4) is 0 Å². The maximum Gasteiger partial charge on any atom is 0.336 e. The third kappa shape index (κ3) is 3.65. The zero-order valence-corrected chi connectivity index (χ0v) is 13.0. The van der Waals surface area contributed by atoms with Gasteiger partial charge in [-0.2, -0.15) is 4.31 Å². The Kier molecular flexibility index (Phi) is 4.89. The summed E-state index contributed by atoms with van der Waals surface area (Å²) in [6, 6.07) is 3.91. The predicted molar refractivity (Wildman–Crippen MR) is 75.7 cm³/mol. The molecule has 0 amide bonds. The van der Waals surface area contributed by atoms with Crippen LogP contribution in [0.3, 0.4) is 0 Å². The Morgan fingerprint density at radius 1 is 1.47 bits per heavy atom. The number of nitrogens with zero attached hydrogens (tertiary/aromatic N) is 1. The summed E-state index contributed by atoms with van der Waals surface area (Å²) in [6.45, 7) is 5.55. The number of benzene rings is 1. The van der Waals surface area contributed by atoms with Crippen LogP contribution in [0.5, 0.6) is 0 Å². The van der Waals surface area contributed by atoms with Crippen molar-refractivity contribution in [2.75, 3.05) is 13.6 Å². The number of aromatic carboxylic acids is 1. The van der Waals surface area contributed by atoms with E-state index in [-0.39, 0.29) is 17.0 Å². The summed E-state index contributed by atoms with van der Waals surface area (Å²) in [7, 11) is -2.30. The lowest BCUT2D eigenvalue weighted by atomic mass is 10.2. The van der Waals surface area contributed by atoms with Crippen LogP contribution in [0.4, 0.5) is 0 Å². The molecule has 0 saturated carbocycles. The van der Waals surface area contributed by atoms with Gasteiger partial charge in [-0.1, -0.05) is 12.2 Å². The highest BCUT2D eigenvalue weighted by atomic mass is 79.9. The summed E-state index contributed by atoms with van der Waals surface area (Å²) in [5, 5.41) is 8.99. The molecule has 0 fully saturated rings. The monoisotopic (exact) mass is 347 g/mol. The Balaban J connectivity index is 3.26. The average Bonchev–Trinajstić information content (AvgIpc) is 2.27. The first-order valence-electron chi connectivity index (χ1n) is 5.30. The van der Waals surface area contributed by atoms with Crippen LogP contribution in [0.15, 0.2) is 39.7 Å². The van der Waals surface area contributed by atoms with Crippen LogP contribution >= 0.6 is 15.9 Å². The first kappa shape index (κ1) is 15.9. The maximum absolute atomic E-state index is 12.2. The molecule has 104 valence electrons. The van der Waals surface area contributed by atoms with Crippen LogP contribution in [0.2, 0.25) is 0 Å². The number of hydrogen-bond acceptors (Lipinski definition) is 3. The van der Waals surface area contributed by atoms with Gasteiger partial charge in [-0.05, 0) is 41.1 Å². The molecule has 7 heteroatoms. The van der Waals surface area contributed by atoms with Gasteiger partial charge in [0.1, 0.15) is 0 Å². The highest BCUT2D eigenvalue weighted by Gasteiger charge is 2.22. The van der Waals surface area contributed by atoms with Crippen molar-refractivity contribution in [1.82, 2.24) is 4.31 Å². The van der Waals surface area contributed by atoms with E-state index in [2.05, 4.69) is 22.5 Å². The second kappa shape index (κ2) is 5.85. The molecule has 0 aliphatic carbocycles. The van der Waals surface area contributed by atoms with Gasteiger partial charge in [0.05, 0.1) is 10.5 Å². The van der Waals surface area contributed by atoms with Crippen molar-refractivity contribution in [3.05, 3.63) is 40.4 Å². The summed E-state index contributed by atoms with van der Waals surface area (Å²) in [4.78, 5) is 10.9. The molecule has 0 aliphatic heterocycles. The molecule has 1 aromatic rings. The van der Waals surface area contributed by atoms with Gasteiger partial charge < -0.3 is 5.11 Å². The van der Waals surface area contributed by atoms with Crippen molar-refractivity contribution in [3.63, 3.8) is 0 Å². The third-order valence-electron chi connectivity index (χ3n) is 2.37. The largest absolute Gasteiger partial charge is 0.478 e. The lowest BCUT2D eigenvalue weighted by Crippen LogP contribution is -2.28. The van der Waals surface area contributed by atoms with E-state index in [9.17, 15) is 13.2 Å². The fourth-order valence-electron chi connectivity index (χ4n) is 1.47. The van der Waals surface area contributed by atoms with E-state index in [0.29, 0.717) is 10.0 Å². The molecule has 0 heterocycles. The maximum atomic E-state index is 12.2. The number of carbonyl (C=O) groups is 1. The molecule has 0 unspecified atom stereocenters. The normalized spacial score (nSPS) is 11.6. The molecule has 0 bridgehead atoms. The Morgan fingerprint density at radius 2 is 2.05 bits per heavy atom. The molecule has 1 aromatic carbocycles. The Labute approximate surface area is 120 Å². The summed E-state index contributed by atoms with van der Waals surface area (Å²) in [5.74, 6) is -1.19. The zero-order valence-electron chi connectivity index (χ0n) is 10.6. The smallest absolute Gasteiger partial charge is 0.336 e. The molecule has 1 N–H and O–H groups in total. The van der Waals surface area contributed by atoms with Crippen molar-refractivity contribution < 1.29 is 18.3 Å². The van der Waals surface area contributed by atoms with Gasteiger partial charge in [0, 0.05) is 18.1 Å². The van der Waals surface area contributed by atoms with Gasteiger partial charge in [-0.15, -0.1) is 0 Å². The van der Waals surface area contributed by atoms with E-state index in [4.69, 9.17) is 5.11 Å². The second-order valence-corrected chi connectivity index (χ2v) is 7.06. The van der Waals surface area contributed by atoms with Gasteiger partial charge >= 0.3 is 5.97 Å². The molecule has 0 saturated heterocycles. The minimum Gasteiger partial charge on any atom is -0.478 e. The highest BCUT2D eigenvalue weighted by Crippen LogP contribution is 2.23. The molecule has 0 radical (unpaired) electrons. The predicted octanol–water partition coefficient (Wildman–Crippen LogP) is 2.34. The average molecular weight is 348 g/mol. The molecular formula is C12H14BrNO4S.